The first kappa shape index (κ1) is 19.6. The molecule has 0 radical (unpaired) electrons. The van der Waals surface area contributed by atoms with Gasteiger partial charge in [-0.1, -0.05) is 0 Å². The normalized spacial score (nSPS) is 13.0. The first-order valence-electron chi connectivity index (χ1n) is 5.87. The average Bonchev–Trinajstić information content (AvgIpc) is 2.43. The van der Waals surface area contributed by atoms with Crippen molar-refractivity contribution in [1.82, 2.24) is 0 Å². The lowest BCUT2D eigenvalue weighted by Gasteiger charge is -2.21. The third kappa shape index (κ3) is 8.10. The molecule has 0 saturated carbocycles. The molecule has 5 nitrogen and oxygen atoms in total. The Morgan fingerprint density at radius 2 is 1.39 bits per heavy atom. The molecule has 0 aliphatic heterocycles. The van der Waals surface area contributed by atoms with E-state index < -0.39 is 33.3 Å². The lowest BCUT2D eigenvalue weighted by Crippen LogP contribution is -2.22. The second-order valence-corrected chi connectivity index (χ2v) is 5.85. The van der Waals surface area contributed by atoms with Crippen LogP contribution in [0.4, 0.5) is 32.0 Å². The van der Waals surface area contributed by atoms with Gasteiger partial charge in [-0.25, -0.2) is 4.57 Å². The number of anilines is 1. The van der Waals surface area contributed by atoms with Gasteiger partial charge in [-0.15, -0.1) is 0 Å². The van der Waals surface area contributed by atoms with Crippen LogP contribution < -0.4 is 9.82 Å². The van der Waals surface area contributed by atoms with E-state index in [-0.39, 0.29) is 5.69 Å². The molecule has 0 aliphatic rings. The highest BCUT2D eigenvalue weighted by molar-refractivity contribution is 7.55. The van der Waals surface area contributed by atoms with E-state index in [1.54, 1.807) is 0 Å². The lowest BCUT2D eigenvalue weighted by molar-refractivity contribution is -0.165. The molecule has 0 bridgehead atoms. The van der Waals surface area contributed by atoms with Crippen molar-refractivity contribution in [2.24, 2.45) is 0 Å². The van der Waals surface area contributed by atoms with Crippen LogP contribution in [-0.2, 0) is 13.6 Å². The number of halogens is 6. The van der Waals surface area contributed by atoms with E-state index in [9.17, 15) is 30.9 Å². The second-order valence-electron chi connectivity index (χ2n) is 4.12. The van der Waals surface area contributed by atoms with Crippen molar-refractivity contribution in [2.45, 2.75) is 12.4 Å². The van der Waals surface area contributed by atoms with Crippen LogP contribution in [0.3, 0.4) is 0 Å². The summed E-state index contributed by atoms with van der Waals surface area (Å²) in [6, 6.07) is 5.14. The third-order valence-corrected chi connectivity index (χ3v) is 3.62. The minimum absolute atomic E-state index is 0.0708. The molecule has 0 spiro atoms. The number of methoxy groups -OCH3 is 1. The van der Waals surface area contributed by atoms with Crippen LogP contribution in [0.1, 0.15) is 0 Å². The molecular weight excluding hydrogens is 355 g/mol. The Hall–Kier alpha value is -1.45. The summed E-state index contributed by atoms with van der Waals surface area (Å²) in [5.41, 5.74) is -0.0708. The number of hydrogen-bond acceptors (Lipinski definition) is 4. The van der Waals surface area contributed by atoms with Gasteiger partial charge >= 0.3 is 20.1 Å². The molecule has 0 amide bonds. The van der Waals surface area contributed by atoms with Crippen LogP contribution in [0, 0.1) is 0 Å². The standard InChI is InChI=1S/C11H12F6NO4P/c1-20-9-4-2-8(3-5-9)18-23(19,21-6-10(12,13)14)22-7-11(15,16)17/h2-5H,6-7H2,1H3,(H,18,19). The Bertz CT molecular complexity index is 523. The molecule has 1 aromatic rings. The minimum atomic E-state index is -4.89. The van der Waals surface area contributed by atoms with Gasteiger partial charge in [0.05, 0.1) is 7.11 Å². The zero-order chi connectivity index (χ0) is 17.7. The Labute approximate surface area is 127 Å². The highest BCUT2D eigenvalue weighted by Gasteiger charge is 2.38. The first-order valence-corrected chi connectivity index (χ1v) is 7.42. The number of rotatable bonds is 7. The predicted octanol–water partition coefficient (Wildman–Crippen LogP) is 4.37. The molecule has 0 heterocycles. The molecule has 0 atom stereocenters. The third-order valence-electron chi connectivity index (χ3n) is 2.15. The molecule has 0 aliphatic carbocycles. The Kier molecular flexibility index (Phi) is 6.32. The van der Waals surface area contributed by atoms with Crippen LogP contribution in [0.15, 0.2) is 24.3 Å². The minimum Gasteiger partial charge on any atom is -0.497 e. The highest BCUT2D eigenvalue weighted by Crippen LogP contribution is 2.50. The van der Waals surface area contributed by atoms with E-state index in [4.69, 9.17) is 4.74 Å². The second kappa shape index (κ2) is 7.41. The fourth-order valence-electron chi connectivity index (χ4n) is 1.24. The smallest absolute Gasteiger partial charge is 0.433 e. The largest absolute Gasteiger partial charge is 0.497 e. The van der Waals surface area contributed by atoms with Crippen LogP contribution in [0.2, 0.25) is 0 Å². The number of alkyl halides is 6. The first-order chi connectivity index (χ1) is 10.4. The molecule has 1 aromatic carbocycles. The number of hydrogen-bond donors (Lipinski definition) is 1. The SMILES string of the molecule is COc1ccc(NP(=O)(OCC(F)(F)F)OCC(F)(F)F)cc1. The van der Waals surface area contributed by atoms with Gasteiger partial charge in [0.25, 0.3) is 0 Å². The van der Waals surface area contributed by atoms with Gasteiger partial charge in [-0.05, 0) is 24.3 Å². The van der Waals surface area contributed by atoms with Gasteiger partial charge in [0.1, 0.15) is 5.75 Å². The van der Waals surface area contributed by atoms with Crippen LogP contribution in [0.5, 0.6) is 5.75 Å². The van der Waals surface area contributed by atoms with Crippen molar-refractivity contribution in [3.8, 4) is 5.75 Å². The summed E-state index contributed by atoms with van der Waals surface area (Å²) in [4.78, 5) is 0. The van der Waals surface area contributed by atoms with E-state index in [0.717, 1.165) is 0 Å². The summed E-state index contributed by atoms with van der Waals surface area (Å²) in [6.07, 6.45) is -9.78. The van der Waals surface area contributed by atoms with Gasteiger partial charge in [0, 0.05) is 5.69 Å². The summed E-state index contributed by atoms with van der Waals surface area (Å²) in [6.45, 7) is -4.07. The zero-order valence-electron chi connectivity index (χ0n) is 11.6. The highest BCUT2D eigenvalue weighted by atomic mass is 31.2. The van der Waals surface area contributed by atoms with Gasteiger partial charge in [-0.2, -0.15) is 26.3 Å². The zero-order valence-corrected chi connectivity index (χ0v) is 12.5. The monoisotopic (exact) mass is 367 g/mol. The van der Waals surface area contributed by atoms with E-state index >= 15 is 0 Å². The Balaban J connectivity index is 2.86. The van der Waals surface area contributed by atoms with Crippen molar-refractivity contribution < 1.29 is 44.7 Å². The van der Waals surface area contributed by atoms with Crippen molar-refractivity contribution in [2.75, 3.05) is 25.4 Å². The molecule has 0 unspecified atom stereocenters. The van der Waals surface area contributed by atoms with Gasteiger partial charge < -0.3 is 4.74 Å². The molecule has 0 fully saturated rings. The topological polar surface area (TPSA) is 56.8 Å². The van der Waals surface area contributed by atoms with Crippen molar-refractivity contribution in [1.29, 1.82) is 0 Å². The van der Waals surface area contributed by atoms with Gasteiger partial charge in [-0.3, -0.25) is 14.1 Å². The summed E-state index contributed by atoms with van der Waals surface area (Å²) in [5, 5.41) is 1.91. The van der Waals surface area contributed by atoms with Crippen molar-refractivity contribution >= 4 is 13.4 Å². The average molecular weight is 367 g/mol. The molecule has 12 heteroatoms. The number of nitrogens with one attached hydrogen (secondary N) is 1. The maximum atomic E-state index is 12.1. The van der Waals surface area contributed by atoms with E-state index in [1.165, 1.54) is 31.4 Å². The molecule has 1 N–H and O–H groups in total. The van der Waals surface area contributed by atoms with E-state index in [0.29, 0.717) is 5.75 Å². The summed E-state index contributed by atoms with van der Waals surface area (Å²) in [7, 11) is -3.54. The number of benzene rings is 1. The fourth-order valence-corrected chi connectivity index (χ4v) is 2.54. The fraction of sp³-hybridized carbons (Fsp3) is 0.455. The quantitative estimate of drug-likeness (QED) is 0.573. The molecular formula is C11H12F6NO4P. The number of ether oxygens (including phenoxy) is 1. The summed E-state index contributed by atoms with van der Waals surface area (Å²) >= 11 is 0. The van der Waals surface area contributed by atoms with E-state index in [2.05, 4.69) is 9.05 Å². The summed E-state index contributed by atoms with van der Waals surface area (Å²) in [5.74, 6) is 0.373. The predicted molar refractivity (Wildman–Crippen MR) is 68.2 cm³/mol. The molecule has 0 aromatic heterocycles. The van der Waals surface area contributed by atoms with Gasteiger partial charge in [0.2, 0.25) is 0 Å². The van der Waals surface area contributed by atoms with E-state index in [1.807, 2.05) is 5.09 Å². The molecule has 132 valence electrons. The van der Waals surface area contributed by atoms with Gasteiger partial charge in [0.15, 0.2) is 13.2 Å². The maximum absolute atomic E-state index is 12.1. The molecule has 0 saturated heterocycles. The Morgan fingerprint density at radius 1 is 0.957 bits per heavy atom. The van der Waals surface area contributed by atoms with Crippen molar-refractivity contribution in [3.05, 3.63) is 24.3 Å². The van der Waals surface area contributed by atoms with Crippen molar-refractivity contribution in [3.63, 3.8) is 0 Å². The maximum Gasteiger partial charge on any atom is 0.433 e. The van der Waals surface area contributed by atoms with Crippen LogP contribution in [0.25, 0.3) is 0 Å². The lowest BCUT2D eigenvalue weighted by atomic mass is 10.3. The van der Waals surface area contributed by atoms with Crippen LogP contribution >= 0.6 is 7.75 Å². The molecule has 23 heavy (non-hydrogen) atoms. The Morgan fingerprint density at radius 3 is 1.74 bits per heavy atom. The summed E-state index contributed by atoms with van der Waals surface area (Å²) < 4.78 is 97.7. The van der Waals surface area contributed by atoms with Crippen LogP contribution in [-0.4, -0.2) is 32.7 Å². The molecule has 1 rings (SSSR count).